The van der Waals surface area contributed by atoms with Crippen LogP contribution in [0.5, 0.6) is 5.75 Å². The molecule has 0 aliphatic heterocycles. The predicted octanol–water partition coefficient (Wildman–Crippen LogP) is 3.93. The van der Waals surface area contributed by atoms with Crippen molar-refractivity contribution < 1.29 is 18.7 Å². The summed E-state index contributed by atoms with van der Waals surface area (Å²) in [6.45, 7) is 2.10. The number of ether oxygens (including phenoxy) is 1. The van der Waals surface area contributed by atoms with Crippen LogP contribution in [-0.2, 0) is 11.3 Å². The summed E-state index contributed by atoms with van der Waals surface area (Å²) in [5.41, 5.74) is 2.99. The number of carbonyl (C=O) groups is 2. The highest BCUT2D eigenvalue weighted by Crippen LogP contribution is 2.34. The summed E-state index contributed by atoms with van der Waals surface area (Å²) in [4.78, 5) is 45.5. The molecular weight excluding hydrogens is 474 g/mol. The number of H-pyrrole nitrogens is 1. The van der Waals surface area contributed by atoms with Gasteiger partial charge in [-0.3, -0.25) is 14.2 Å². The second kappa shape index (κ2) is 10.3. The first-order valence-corrected chi connectivity index (χ1v) is 12.3. The van der Waals surface area contributed by atoms with E-state index in [1.807, 2.05) is 31.2 Å². The second-order valence-corrected chi connectivity index (χ2v) is 9.29. The maximum atomic E-state index is 13.0. The maximum absolute atomic E-state index is 13.0. The Morgan fingerprint density at radius 1 is 1.19 bits per heavy atom. The number of carbonyl (C=O) groups excluding carboxylic acids is 2. The highest BCUT2D eigenvalue weighted by Gasteiger charge is 2.29. The van der Waals surface area contributed by atoms with Crippen LogP contribution in [0.4, 0.5) is 5.69 Å². The standard InChI is InChI=1S/C27H29N5O5/c1-16-6-9-18(14-22(16)36-2)30-25(33)17-7-10-19(11-8-17)32-21-5-3-4-20(24(21)31-27(32)35)26(34)29-15-23-28-12-13-37-23/h3-6,9,12-14,17,19H,7-8,10-11,15H2,1-2H3,(H,29,34)(H,30,33)(H,31,35). The van der Waals surface area contributed by atoms with Gasteiger partial charge in [0.05, 0.1) is 36.4 Å². The van der Waals surface area contributed by atoms with Crippen molar-refractivity contribution in [1.29, 1.82) is 0 Å². The molecule has 0 unspecified atom stereocenters. The summed E-state index contributed by atoms with van der Waals surface area (Å²) in [5.74, 6) is 0.631. The number of fused-ring (bicyclic) bond motifs is 1. The van der Waals surface area contributed by atoms with E-state index in [1.54, 1.807) is 23.8 Å². The third-order valence-electron chi connectivity index (χ3n) is 6.99. The molecule has 0 radical (unpaired) electrons. The van der Waals surface area contributed by atoms with E-state index in [0.29, 0.717) is 53.9 Å². The molecule has 4 aromatic rings. The van der Waals surface area contributed by atoms with Crippen LogP contribution >= 0.6 is 0 Å². The van der Waals surface area contributed by atoms with Gasteiger partial charge in [0.2, 0.25) is 11.8 Å². The van der Waals surface area contributed by atoms with Crippen molar-refractivity contribution in [2.75, 3.05) is 12.4 Å². The van der Waals surface area contributed by atoms with Crippen molar-refractivity contribution in [3.63, 3.8) is 0 Å². The highest BCUT2D eigenvalue weighted by atomic mass is 16.5. The Kier molecular flexibility index (Phi) is 6.80. The van der Waals surface area contributed by atoms with Crippen LogP contribution in [0.2, 0.25) is 0 Å². The Hall–Kier alpha value is -4.34. The van der Waals surface area contributed by atoms with Gasteiger partial charge in [0.25, 0.3) is 5.91 Å². The van der Waals surface area contributed by atoms with Gasteiger partial charge in [-0.2, -0.15) is 0 Å². The van der Waals surface area contributed by atoms with Gasteiger partial charge in [-0.05, 0) is 56.4 Å². The third-order valence-corrected chi connectivity index (χ3v) is 6.99. The number of hydrogen-bond acceptors (Lipinski definition) is 6. The lowest BCUT2D eigenvalue weighted by molar-refractivity contribution is -0.121. The van der Waals surface area contributed by atoms with Gasteiger partial charge in [-0.1, -0.05) is 12.1 Å². The third kappa shape index (κ3) is 5.00. The average Bonchev–Trinajstić information content (AvgIpc) is 3.55. The van der Waals surface area contributed by atoms with Gasteiger partial charge in [0.1, 0.15) is 12.0 Å². The zero-order chi connectivity index (χ0) is 25.9. The molecule has 1 aliphatic carbocycles. The number of rotatable bonds is 7. The van der Waals surface area contributed by atoms with Crippen molar-refractivity contribution in [3.8, 4) is 5.75 Å². The quantitative estimate of drug-likeness (QED) is 0.350. The molecule has 2 aromatic heterocycles. The summed E-state index contributed by atoms with van der Waals surface area (Å²) >= 11 is 0. The van der Waals surface area contributed by atoms with Crippen LogP contribution < -0.4 is 21.1 Å². The summed E-state index contributed by atoms with van der Waals surface area (Å²) in [6, 6.07) is 10.8. The number of amides is 2. The maximum Gasteiger partial charge on any atom is 0.326 e. The molecule has 37 heavy (non-hydrogen) atoms. The van der Waals surface area contributed by atoms with Crippen molar-refractivity contribution in [1.82, 2.24) is 19.9 Å². The summed E-state index contributed by atoms with van der Waals surface area (Å²) in [7, 11) is 1.61. The fourth-order valence-electron chi connectivity index (χ4n) is 5.03. The minimum absolute atomic E-state index is 0.0272. The summed E-state index contributed by atoms with van der Waals surface area (Å²) in [5, 5.41) is 5.77. The van der Waals surface area contributed by atoms with Gasteiger partial charge in [-0.25, -0.2) is 9.78 Å². The van der Waals surface area contributed by atoms with E-state index in [-0.39, 0.29) is 36.0 Å². The Morgan fingerprint density at radius 2 is 2.00 bits per heavy atom. The number of nitrogens with one attached hydrogen (secondary N) is 3. The number of para-hydroxylation sites is 1. The average molecular weight is 504 g/mol. The van der Waals surface area contributed by atoms with Crippen molar-refractivity contribution in [3.05, 3.63) is 76.4 Å². The number of oxazole rings is 1. The number of anilines is 1. The molecule has 10 nitrogen and oxygen atoms in total. The fourth-order valence-corrected chi connectivity index (χ4v) is 5.03. The summed E-state index contributed by atoms with van der Waals surface area (Å²) in [6.07, 6.45) is 5.64. The van der Waals surface area contributed by atoms with Crippen LogP contribution in [0.15, 0.2) is 58.1 Å². The Balaban J connectivity index is 1.27. The number of hydrogen-bond donors (Lipinski definition) is 3. The van der Waals surface area contributed by atoms with Crippen LogP contribution in [0.25, 0.3) is 11.0 Å². The van der Waals surface area contributed by atoms with Crippen molar-refractivity contribution in [2.24, 2.45) is 5.92 Å². The number of benzene rings is 2. The number of methoxy groups -OCH3 is 1. The van der Waals surface area contributed by atoms with Crippen LogP contribution in [0.3, 0.4) is 0 Å². The van der Waals surface area contributed by atoms with Gasteiger partial charge in [0.15, 0.2) is 0 Å². The van der Waals surface area contributed by atoms with E-state index >= 15 is 0 Å². The summed E-state index contributed by atoms with van der Waals surface area (Å²) < 4.78 is 12.2. The molecule has 0 spiro atoms. The van der Waals surface area contributed by atoms with E-state index in [1.165, 1.54) is 12.5 Å². The first-order chi connectivity index (χ1) is 17.9. The SMILES string of the molecule is COc1cc(NC(=O)C2CCC(n3c(=O)[nH]c4c(C(=O)NCc5ncco5)cccc43)CC2)ccc1C. The molecule has 0 bridgehead atoms. The smallest absolute Gasteiger partial charge is 0.326 e. The minimum Gasteiger partial charge on any atom is -0.496 e. The highest BCUT2D eigenvalue weighted by molar-refractivity contribution is 6.04. The number of imidazole rings is 1. The van der Waals surface area contributed by atoms with Crippen molar-refractivity contribution >= 4 is 28.5 Å². The number of aromatic amines is 1. The van der Waals surface area contributed by atoms with E-state index < -0.39 is 0 Å². The molecule has 1 saturated carbocycles. The van der Waals surface area contributed by atoms with E-state index in [2.05, 4.69) is 20.6 Å². The number of aromatic nitrogens is 3. The molecule has 192 valence electrons. The van der Waals surface area contributed by atoms with Crippen molar-refractivity contribution in [2.45, 2.75) is 45.2 Å². The molecule has 3 N–H and O–H groups in total. The molecule has 2 heterocycles. The zero-order valence-corrected chi connectivity index (χ0v) is 20.7. The predicted molar refractivity (Wildman–Crippen MR) is 138 cm³/mol. The molecule has 0 saturated heterocycles. The Bertz CT molecular complexity index is 1480. The molecule has 2 amide bonds. The lowest BCUT2D eigenvalue weighted by Gasteiger charge is -2.28. The molecule has 2 aromatic carbocycles. The van der Waals surface area contributed by atoms with Crippen LogP contribution in [0.1, 0.15) is 53.5 Å². The normalized spacial score (nSPS) is 17.5. The zero-order valence-electron chi connectivity index (χ0n) is 20.7. The largest absolute Gasteiger partial charge is 0.496 e. The topological polar surface area (TPSA) is 131 Å². The molecule has 5 rings (SSSR count). The first kappa shape index (κ1) is 24.4. The fraction of sp³-hybridized carbons (Fsp3) is 0.333. The lowest BCUT2D eigenvalue weighted by atomic mass is 9.85. The Morgan fingerprint density at radius 3 is 2.73 bits per heavy atom. The monoisotopic (exact) mass is 503 g/mol. The Labute approximate surface area is 213 Å². The van der Waals surface area contributed by atoms with E-state index in [4.69, 9.17) is 9.15 Å². The molecule has 1 aliphatic rings. The molecule has 1 fully saturated rings. The van der Waals surface area contributed by atoms with Gasteiger partial charge in [-0.15, -0.1) is 0 Å². The molecule has 0 atom stereocenters. The van der Waals surface area contributed by atoms with E-state index in [9.17, 15) is 14.4 Å². The molecular formula is C27H29N5O5. The number of nitrogens with zero attached hydrogens (tertiary/aromatic N) is 2. The van der Waals surface area contributed by atoms with Crippen LogP contribution in [-0.4, -0.2) is 33.5 Å². The van der Waals surface area contributed by atoms with Gasteiger partial charge >= 0.3 is 5.69 Å². The van der Waals surface area contributed by atoms with Gasteiger partial charge < -0.3 is 24.8 Å². The number of aryl methyl sites for hydroxylation is 1. The first-order valence-electron chi connectivity index (χ1n) is 12.3. The van der Waals surface area contributed by atoms with Gasteiger partial charge in [0, 0.05) is 23.7 Å². The van der Waals surface area contributed by atoms with E-state index in [0.717, 1.165) is 11.3 Å². The minimum atomic E-state index is -0.328. The lowest BCUT2D eigenvalue weighted by Crippen LogP contribution is -2.31. The molecule has 10 heteroatoms. The second-order valence-electron chi connectivity index (χ2n) is 9.29. The van der Waals surface area contributed by atoms with Crippen LogP contribution in [0, 0.1) is 12.8 Å².